The number of carbonyl (C=O) groups excluding carboxylic acids is 1. The fraction of sp³-hybridized carbons (Fsp3) is 0.0870. The van der Waals surface area contributed by atoms with Crippen LogP contribution in [0, 0.1) is 5.82 Å². The van der Waals surface area contributed by atoms with E-state index in [1.54, 1.807) is 24.3 Å². The molecule has 0 saturated heterocycles. The van der Waals surface area contributed by atoms with Crippen LogP contribution < -0.4 is 10.1 Å². The summed E-state index contributed by atoms with van der Waals surface area (Å²) in [5.41, 5.74) is 2.29. The fourth-order valence-corrected chi connectivity index (χ4v) is 2.99. The van der Waals surface area contributed by atoms with Gasteiger partial charge in [-0.1, -0.05) is 24.3 Å². The van der Waals surface area contributed by atoms with E-state index in [1.165, 1.54) is 19.2 Å². The Balaban J connectivity index is 1.64. The van der Waals surface area contributed by atoms with Crippen LogP contribution in [0.2, 0.25) is 0 Å². The molecule has 1 aromatic heterocycles. The van der Waals surface area contributed by atoms with Gasteiger partial charge >= 0.3 is 5.97 Å². The molecule has 0 aliphatic rings. The first kappa shape index (κ1) is 19.3. The summed E-state index contributed by atoms with van der Waals surface area (Å²) in [4.78, 5) is 11.2. The number of ether oxygens (including phenoxy) is 2. The van der Waals surface area contributed by atoms with Crippen LogP contribution in [-0.2, 0) is 9.53 Å². The number of rotatable bonds is 6. The number of aromatic nitrogens is 2. The third kappa shape index (κ3) is 4.20. The smallest absolute Gasteiger partial charge is 0.343 e. The molecule has 0 atom stereocenters. The van der Waals surface area contributed by atoms with Gasteiger partial charge in [-0.2, -0.15) is 0 Å². The topological polar surface area (TPSA) is 73.3 Å². The number of esters is 1. The number of nitrogens with one attached hydrogen (secondary N) is 1. The largest absolute Gasteiger partial charge is 0.482 e. The lowest BCUT2D eigenvalue weighted by molar-refractivity contribution is -0.142. The third-order valence-corrected chi connectivity index (χ3v) is 4.51. The van der Waals surface area contributed by atoms with E-state index in [2.05, 4.69) is 20.3 Å². The molecular weight excluding hydrogens is 385 g/mol. The van der Waals surface area contributed by atoms with Crippen molar-refractivity contribution in [3.05, 3.63) is 78.6 Å². The van der Waals surface area contributed by atoms with E-state index in [-0.39, 0.29) is 12.4 Å². The van der Waals surface area contributed by atoms with E-state index < -0.39 is 5.97 Å². The Labute approximate surface area is 172 Å². The summed E-state index contributed by atoms with van der Waals surface area (Å²) in [5.74, 6) is 0.390. The quantitative estimate of drug-likeness (QED) is 0.469. The Morgan fingerprint density at radius 2 is 1.63 bits per heavy atom. The van der Waals surface area contributed by atoms with Gasteiger partial charge in [-0.05, 0) is 48.5 Å². The fourth-order valence-electron chi connectivity index (χ4n) is 2.99. The second-order valence-corrected chi connectivity index (χ2v) is 6.46. The lowest BCUT2D eigenvalue weighted by Crippen LogP contribution is -2.12. The Morgan fingerprint density at radius 1 is 0.933 bits per heavy atom. The summed E-state index contributed by atoms with van der Waals surface area (Å²) >= 11 is 0. The summed E-state index contributed by atoms with van der Waals surface area (Å²) < 4.78 is 23.1. The Bertz CT molecular complexity index is 1180. The average Bonchev–Trinajstić information content (AvgIpc) is 2.79. The van der Waals surface area contributed by atoms with Crippen LogP contribution in [0.25, 0.3) is 22.0 Å². The molecule has 4 aromatic rings. The minimum atomic E-state index is -0.444. The predicted molar refractivity (Wildman–Crippen MR) is 112 cm³/mol. The SMILES string of the molecule is COC(=O)COc1ccc(-c2nnc(Nc3ccc(F)cc3)c3ccccc23)cc1. The van der Waals surface area contributed by atoms with Crippen LogP contribution >= 0.6 is 0 Å². The van der Waals surface area contributed by atoms with Gasteiger partial charge in [-0.15, -0.1) is 10.2 Å². The van der Waals surface area contributed by atoms with Crippen LogP contribution in [0.3, 0.4) is 0 Å². The van der Waals surface area contributed by atoms with Crippen LogP contribution in [0.4, 0.5) is 15.9 Å². The van der Waals surface area contributed by atoms with E-state index in [9.17, 15) is 9.18 Å². The number of halogens is 1. The Morgan fingerprint density at radius 3 is 2.33 bits per heavy atom. The maximum Gasteiger partial charge on any atom is 0.343 e. The Kier molecular flexibility index (Phi) is 5.52. The summed E-state index contributed by atoms with van der Waals surface area (Å²) in [5, 5.41) is 13.7. The third-order valence-electron chi connectivity index (χ3n) is 4.51. The van der Waals surface area contributed by atoms with Crippen molar-refractivity contribution in [2.24, 2.45) is 0 Å². The molecule has 30 heavy (non-hydrogen) atoms. The van der Waals surface area contributed by atoms with Gasteiger partial charge in [0.05, 0.1) is 7.11 Å². The van der Waals surface area contributed by atoms with Crippen LogP contribution in [0.15, 0.2) is 72.8 Å². The summed E-state index contributed by atoms with van der Waals surface area (Å²) in [6.45, 7) is -0.150. The van der Waals surface area contributed by atoms with Crippen LogP contribution in [-0.4, -0.2) is 29.9 Å². The average molecular weight is 403 g/mol. The van der Waals surface area contributed by atoms with Crippen LogP contribution in [0.5, 0.6) is 5.75 Å². The standard InChI is InChI=1S/C23H18FN3O3/c1-29-21(28)14-30-18-12-6-15(7-13-18)22-19-4-2-3-5-20(19)23(27-26-22)25-17-10-8-16(24)9-11-17/h2-13H,14H2,1H3,(H,25,27). The van der Waals surface area contributed by atoms with E-state index in [1.807, 2.05) is 36.4 Å². The van der Waals surface area contributed by atoms with E-state index in [4.69, 9.17) is 4.74 Å². The number of carbonyl (C=O) groups is 1. The highest BCUT2D eigenvalue weighted by atomic mass is 19.1. The summed E-state index contributed by atoms with van der Waals surface area (Å²) in [6.07, 6.45) is 0. The van der Waals surface area contributed by atoms with Gasteiger partial charge in [0.25, 0.3) is 0 Å². The normalized spacial score (nSPS) is 10.6. The second kappa shape index (κ2) is 8.57. The molecule has 4 rings (SSSR count). The van der Waals surface area contributed by atoms with E-state index in [0.717, 1.165) is 27.7 Å². The highest BCUT2D eigenvalue weighted by Crippen LogP contribution is 2.31. The first-order valence-corrected chi connectivity index (χ1v) is 9.22. The zero-order valence-electron chi connectivity index (χ0n) is 16.1. The number of hydrogen-bond acceptors (Lipinski definition) is 6. The molecule has 3 aromatic carbocycles. The van der Waals surface area contributed by atoms with E-state index in [0.29, 0.717) is 11.6 Å². The van der Waals surface area contributed by atoms with Crippen molar-refractivity contribution in [2.45, 2.75) is 0 Å². The maximum atomic E-state index is 13.2. The van der Waals surface area contributed by atoms with Crippen LogP contribution in [0.1, 0.15) is 0 Å². The van der Waals surface area contributed by atoms with Gasteiger partial charge in [0.15, 0.2) is 12.4 Å². The molecule has 6 nitrogen and oxygen atoms in total. The number of benzene rings is 3. The minimum absolute atomic E-state index is 0.150. The molecule has 0 bridgehead atoms. The predicted octanol–water partition coefficient (Wildman–Crippen LogP) is 4.73. The number of nitrogens with zero attached hydrogens (tertiary/aromatic N) is 2. The molecule has 150 valence electrons. The number of methoxy groups -OCH3 is 1. The number of hydrogen-bond donors (Lipinski definition) is 1. The van der Waals surface area contributed by atoms with Gasteiger partial charge in [0.1, 0.15) is 17.3 Å². The molecule has 0 spiro atoms. The first-order valence-electron chi connectivity index (χ1n) is 9.22. The molecule has 0 saturated carbocycles. The molecule has 0 fully saturated rings. The molecule has 0 radical (unpaired) electrons. The molecule has 0 unspecified atom stereocenters. The van der Waals surface area contributed by atoms with Crippen molar-refractivity contribution >= 4 is 28.2 Å². The van der Waals surface area contributed by atoms with Crippen molar-refractivity contribution in [3.63, 3.8) is 0 Å². The van der Waals surface area contributed by atoms with Crippen molar-refractivity contribution in [2.75, 3.05) is 19.0 Å². The lowest BCUT2D eigenvalue weighted by atomic mass is 10.0. The molecule has 7 heteroatoms. The molecule has 1 N–H and O–H groups in total. The van der Waals surface area contributed by atoms with Gasteiger partial charge in [-0.25, -0.2) is 9.18 Å². The van der Waals surface area contributed by atoms with Crippen molar-refractivity contribution in [3.8, 4) is 17.0 Å². The molecule has 1 heterocycles. The minimum Gasteiger partial charge on any atom is -0.482 e. The first-order chi connectivity index (χ1) is 14.6. The molecule has 0 aliphatic heterocycles. The van der Waals surface area contributed by atoms with Gasteiger partial charge < -0.3 is 14.8 Å². The highest BCUT2D eigenvalue weighted by Gasteiger charge is 2.12. The highest BCUT2D eigenvalue weighted by molar-refractivity contribution is 6.00. The number of anilines is 2. The van der Waals surface area contributed by atoms with Crippen molar-refractivity contribution < 1.29 is 18.7 Å². The summed E-state index contributed by atoms with van der Waals surface area (Å²) in [6, 6.07) is 21.1. The van der Waals surface area contributed by atoms with Crippen molar-refractivity contribution in [1.29, 1.82) is 0 Å². The Hall–Kier alpha value is -4.00. The second-order valence-electron chi connectivity index (χ2n) is 6.46. The summed E-state index contributed by atoms with van der Waals surface area (Å²) in [7, 11) is 1.31. The maximum absolute atomic E-state index is 13.2. The molecular formula is C23H18FN3O3. The van der Waals surface area contributed by atoms with Gasteiger partial charge in [-0.3, -0.25) is 0 Å². The monoisotopic (exact) mass is 403 g/mol. The number of fused-ring (bicyclic) bond motifs is 1. The van der Waals surface area contributed by atoms with Gasteiger partial charge in [0, 0.05) is 22.0 Å². The zero-order chi connectivity index (χ0) is 20.9. The van der Waals surface area contributed by atoms with E-state index >= 15 is 0 Å². The lowest BCUT2D eigenvalue weighted by Gasteiger charge is -2.12. The molecule has 0 aliphatic carbocycles. The van der Waals surface area contributed by atoms with Gasteiger partial charge in [0.2, 0.25) is 0 Å². The van der Waals surface area contributed by atoms with Crippen molar-refractivity contribution in [1.82, 2.24) is 10.2 Å². The zero-order valence-corrected chi connectivity index (χ0v) is 16.1. The molecule has 0 amide bonds.